The van der Waals surface area contributed by atoms with E-state index in [2.05, 4.69) is 9.35 Å². The van der Waals surface area contributed by atoms with Crippen LogP contribution in [0.4, 0.5) is 0 Å². The summed E-state index contributed by atoms with van der Waals surface area (Å²) in [5, 5.41) is 9.33. The molecule has 24 heavy (non-hydrogen) atoms. The maximum atomic E-state index is 12.6. The Kier molecular flexibility index (Phi) is 5.39. The topological polar surface area (TPSA) is 100 Å². The van der Waals surface area contributed by atoms with Crippen molar-refractivity contribution in [1.82, 2.24) is 4.98 Å². The zero-order valence-corrected chi connectivity index (χ0v) is 14.8. The first kappa shape index (κ1) is 18.1. The van der Waals surface area contributed by atoms with Crippen molar-refractivity contribution in [3.8, 4) is 6.07 Å². The molecule has 0 aliphatic carbocycles. The van der Waals surface area contributed by atoms with Crippen LogP contribution in [0.3, 0.4) is 0 Å². The lowest BCUT2D eigenvalue weighted by Crippen LogP contribution is -2.05. The van der Waals surface area contributed by atoms with Gasteiger partial charge in [0.1, 0.15) is 6.07 Å². The molecule has 6 nitrogen and oxygen atoms in total. The van der Waals surface area contributed by atoms with Crippen LogP contribution in [-0.4, -0.2) is 23.9 Å². The molecule has 1 aromatic carbocycles. The van der Waals surface area contributed by atoms with Gasteiger partial charge in [0.05, 0.1) is 15.9 Å². The highest BCUT2D eigenvalue weighted by atomic mass is 35.5. The first-order valence-electron chi connectivity index (χ1n) is 6.50. The molecule has 0 aliphatic heterocycles. The Balaban J connectivity index is 2.50. The zero-order chi connectivity index (χ0) is 17.8. The summed E-state index contributed by atoms with van der Waals surface area (Å²) in [6, 6.07) is 12.0. The number of nitriles is 1. The fourth-order valence-corrected chi connectivity index (χ4v) is 3.93. The maximum Gasteiger partial charge on any atom is 0.235 e. The molecule has 0 bridgehead atoms. The first-order valence-corrected chi connectivity index (χ1v) is 10.3. The fraction of sp³-hybridized carbons (Fsp3) is 0.0667. The molecule has 9 heteroatoms. The van der Waals surface area contributed by atoms with Crippen LogP contribution in [0.1, 0.15) is 0 Å². The third-order valence-corrected chi connectivity index (χ3v) is 6.41. The van der Waals surface area contributed by atoms with Gasteiger partial charge in [-0.15, -0.1) is 0 Å². The average molecular weight is 382 g/mol. The summed E-state index contributed by atoms with van der Waals surface area (Å²) in [6.45, 7) is 0. The van der Waals surface area contributed by atoms with Crippen molar-refractivity contribution in [2.45, 2.75) is 9.92 Å². The van der Waals surface area contributed by atoms with Crippen LogP contribution in [0.2, 0.25) is 5.02 Å². The van der Waals surface area contributed by atoms with Gasteiger partial charge in [-0.2, -0.15) is 5.26 Å². The molecule has 0 radical (unpaired) electrons. The Morgan fingerprint density at radius 2 is 1.88 bits per heavy atom. The van der Waals surface area contributed by atoms with Crippen molar-refractivity contribution >= 4 is 31.2 Å². The molecule has 1 unspecified atom stereocenters. The van der Waals surface area contributed by atoms with E-state index in [4.69, 9.17) is 16.9 Å². The smallest absolute Gasteiger partial charge is 0.235 e. The molecule has 1 aromatic heterocycles. The van der Waals surface area contributed by atoms with Gasteiger partial charge in [-0.25, -0.2) is 22.0 Å². The Hall–Kier alpha value is -2.21. The van der Waals surface area contributed by atoms with Gasteiger partial charge in [-0.05, 0) is 36.4 Å². The van der Waals surface area contributed by atoms with Crippen LogP contribution < -0.4 is 0 Å². The summed E-state index contributed by atoms with van der Waals surface area (Å²) in [4.78, 5) is 3.46. The second-order valence-electron chi connectivity index (χ2n) is 4.64. The molecule has 0 fully saturated rings. The van der Waals surface area contributed by atoms with Crippen LogP contribution >= 0.6 is 11.6 Å². The molecule has 2 rings (SSSR count). The quantitative estimate of drug-likeness (QED) is 0.757. The van der Waals surface area contributed by atoms with E-state index in [1.807, 2.05) is 0 Å². The number of rotatable bonds is 4. The molecule has 0 amide bonds. The largest absolute Gasteiger partial charge is 0.245 e. The third kappa shape index (κ3) is 4.00. The zero-order valence-electron chi connectivity index (χ0n) is 12.5. The number of pyridine rings is 1. The summed E-state index contributed by atoms with van der Waals surface area (Å²) in [6.07, 6.45) is 3.45. The Morgan fingerprint density at radius 3 is 2.42 bits per heavy atom. The lowest BCUT2D eigenvalue weighted by Gasteiger charge is -2.04. The Morgan fingerprint density at radius 1 is 1.21 bits per heavy atom. The number of aromatic nitrogens is 1. The van der Waals surface area contributed by atoms with Gasteiger partial charge < -0.3 is 0 Å². The molecule has 1 atom stereocenters. The van der Waals surface area contributed by atoms with Gasteiger partial charge in [0, 0.05) is 22.4 Å². The highest BCUT2D eigenvalue weighted by molar-refractivity contribution is 7.95. The minimum absolute atomic E-state index is 0.276. The van der Waals surface area contributed by atoms with Crippen LogP contribution in [0, 0.1) is 11.3 Å². The predicted molar refractivity (Wildman–Crippen MR) is 91.3 cm³/mol. The van der Waals surface area contributed by atoms with E-state index in [1.54, 1.807) is 24.3 Å². The van der Waals surface area contributed by atoms with E-state index < -0.39 is 24.5 Å². The van der Waals surface area contributed by atoms with E-state index in [9.17, 15) is 12.6 Å². The number of sulfone groups is 1. The van der Waals surface area contributed by atoms with Crippen LogP contribution in [0.5, 0.6) is 0 Å². The summed E-state index contributed by atoms with van der Waals surface area (Å²) in [5.74, 6) is 0. The molecule has 0 saturated carbocycles. The number of nitrogens with zero attached hydrogens (tertiary/aromatic N) is 3. The minimum Gasteiger partial charge on any atom is -0.245 e. The first-order chi connectivity index (χ1) is 11.3. The summed E-state index contributed by atoms with van der Waals surface area (Å²) in [5.41, 5.74) is 0. The van der Waals surface area contributed by atoms with Crippen LogP contribution in [0.25, 0.3) is 0 Å². The molecule has 0 N–H and O–H groups in total. The number of halogens is 1. The monoisotopic (exact) mass is 381 g/mol. The fourth-order valence-electron chi connectivity index (χ4n) is 1.67. The molecule has 2 aromatic rings. The minimum atomic E-state index is -4.11. The number of hydrogen-bond acceptors (Lipinski definition) is 6. The van der Waals surface area contributed by atoms with Gasteiger partial charge in [0.25, 0.3) is 0 Å². The summed E-state index contributed by atoms with van der Waals surface area (Å²) >= 11 is 5.77. The van der Waals surface area contributed by atoms with E-state index in [0.717, 1.165) is 6.20 Å². The SMILES string of the molecule is CS(=O)(=N/C=C(\C#N)S(=O)(=O)c1ccccn1)c1ccc(Cl)cc1. The molecule has 0 spiro atoms. The average Bonchev–Trinajstić information content (AvgIpc) is 2.56. The molecular formula is C15H12ClN3O3S2. The standard InChI is InChI=1S/C15H12ClN3O3S2/c1-23(20,13-7-5-12(16)6-8-13)19-11-14(10-17)24(21,22)15-4-2-3-9-18-15/h2-9,11H,1H3/b14-11+. The van der Waals surface area contributed by atoms with Gasteiger partial charge in [-0.3, -0.25) is 0 Å². The van der Waals surface area contributed by atoms with Crippen molar-refractivity contribution in [3.63, 3.8) is 0 Å². The van der Waals surface area contributed by atoms with Gasteiger partial charge in [0.2, 0.25) is 9.84 Å². The van der Waals surface area contributed by atoms with E-state index >= 15 is 0 Å². The van der Waals surface area contributed by atoms with E-state index in [0.29, 0.717) is 9.92 Å². The highest BCUT2D eigenvalue weighted by Gasteiger charge is 2.22. The van der Waals surface area contributed by atoms with Gasteiger partial charge in [-0.1, -0.05) is 17.7 Å². The van der Waals surface area contributed by atoms with Crippen molar-refractivity contribution in [3.05, 3.63) is 64.8 Å². The predicted octanol–water partition coefficient (Wildman–Crippen LogP) is 3.03. The van der Waals surface area contributed by atoms with Crippen LogP contribution in [-0.2, 0) is 19.6 Å². The number of allylic oxidation sites excluding steroid dienone is 1. The van der Waals surface area contributed by atoms with Crippen LogP contribution in [0.15, 0.2) is 74.1 Å². The third-order valence-electron chi connectivity index (χ3n) is 2.93. The molecular weight excluding hydrogens is 370 g/mol. The lowest BCUT2D eigenvalue weighted by molar-refractivity contribution is 0.599. The van der Waals surface area contributed by atoms with Crippen molar-refractivity contribution in [1.29, 1.82) is 5.26 Å². The summed E-state index contributed by atoms with van der Waals surface area (Å²) in [7, 11) is -7.03. The Labute approximate surface area is 145 Å². The lowest BCUT2D eigenvalue weighted by atomic mass is 10.4. The molecule has 0 saturated heterocycles. The summed E-state index contributed by atoms with van der Waals surface area (Å²) < 4.78 is 41.1. The van der Waals surface area contributed by atoms with Gasteiger partial charge in [0.15, 0.2) is 9.93 Å². The maximum absolute atomic E-state index is 12.6. The second kappa shape index (κ2) is 7.13. The molecule has 124 valence electrons. The number of benzene rings is 1. The van der Waals surface area contributed by atoms with Crippen molar-refractivity contribution in [2.24, 2.45) is 4.36 Å². The van der Waals surface area contributed by atoms with E-state index in [1.165, 1.54) is 36.7 Å². The highest BCUT2D eigenvalue weighted by Crippen LogP contribution is 2.19. The van der Waals surface area contributed by atoms with E-state index in [-0.39, 0.29) is 5.03 Å². The molecule has 0 aliphatic rings. The number of hydrogen-bond donors (Lipinski definition) is 0. The molecule has 1 heterocycles. The normalized spacial score (nSPS) is 14.5. The van der Waals surface area contributed by atoms with Gasteiger partial charge >= 0.3 is 0 Å². The van der Waals surface area contributed by atoms with Crippen molar-refractivity contribution in [2.75, 3.05) is 6.26 Å². The second-order valence-corrected chi connectivity index (χ2v) is 9.23. The Bertz CT molecular complexity index is 1030. The van der Waals surface area contributed by atoms with Crippen molar-refractivity contribution < 1.29 is 12.6 Å².